The maximum atomic E-state index is 12.2. The van der Waals surface area contributed by atoms with Crippen LogP contribution < -0.4 is 19.5 Å². The first-order valence-corrected chi connectivity index (χ1v) is 8.06. The summed E-state index contributed by atoms with van der Waals surface area (Å²) in [6.07, 6.45) is 0.717. The van der Waals surface area contributed by atoms with Crippen molar-refractivity contribution < 1.29 is 27.8 Å². The van der Waals surface area contributed by atoms with Gasteiger partial charge in [0.15, 0.2) is 11.5 Å². The van der Waals surface area contributed by atoms with Gasteiger partial charge < -0.3 is 19.5 Å². The van der Waals surface area contributed by atoms with Crippen molar-refractivity contribution in [2.75, 3.05) is 19.5 Å². The number of benzene rings is 2. The molecule has 2 aromatic rings. The quantitative estimate of drug-likeness (QED) is 0.725. The molecule has 0 unspecified atom stereocenters. The zero-order valence-corrected chi connectivity index (χ0v) is 15.0. The van der Waals surface area contributed by atoms with E-state index in [2.05, 4.69) is 10.1 Å². The van der Waals surface area contributed by atoms with Gasteiger partial charge in [0.25, 0.3) is 0 Å². The maximum absolute atomic E-state index is 12.2. The molecule has 0 heterocycles. The Morgan fingerprint density at radius 1 is 1.08 bits per heavy atom. The topological polar surface area (TPSA) is 56.8 Å². The summed E-state index contributed by atoms with van der Waals surface area (Å²) in [7, 11) is 3.09. The van der Waals surface area contributed by atoms with Gasteiger partial charge in [-0.05, 0) is 42.3 Å². The van der Waals surface area contributed by atoms with Crippen LogP contribution in [-0.2, 0) is 11.2 Å². The van der Waals surface area contributed by atoms with Crippen LogP contribution in [0.4, 0.5) is 14.5 Å². The summed E-state index contributed by atoms with van der Waals surface area (Å²) in [6, 6.07) is 9.50. The van der Waals surface area contributed by atoms with Gasteiger partial charge in [-0.25, -0.2) is 0 Å². The normalized spacial score (nSPS) is 10.5. The third kappa shape index (κ3) is 5.49. The van der Waals surface area contributed by atoms with E-state index in [4.69, 9.17) is 21.1 Å². The standard InChI is InChI=1S/C18H18ClF2NO4/c1-24-15-6-3-11(9-16(15)25-2)4-8-17(23)22-12-5-7-14(13(19)10-12)26-18(20)21/h3,5-7,9-10,18H,4,8H2,1-2H3,(H,22,23). The fourth-order valence-electron chi connectivity index (χ4n) is 2.29. The number of methoxy groups -OCH3 is 2. The van der Waals surface area contributed by atoms with Crippen LogP contribution >= 0.6 is 11.6 Å². The Labute approximate surface area is 154 Å². The molecular weight excluding hydrogens is 368 g/mol. The van der Waals surface area contributed by atoms with Crippen LogP contribution in [0, 0.1) is 0 Å². The number of anilines is 1. The number of ether oxygens (including phenoxy) is 3. The second-order valence-electron chi connectivity index (χ2n) is 5.26. The van der Waals surface area contributed by atoms with E-state index in [0.717, 1.165) is 5.56 Å². The zero-order chi connectivity index (χ0) is 19.1. The lowest BCUT2D eigenvalue weighted by Crippen LogP contribution is -2.12. The number of hydrogen-bond acceptors (Lipinski definition) is 4. The molecule has 26 heavy (non-hydrogen) atoms. The number of hydrogen-bond donors (Lipinski definition) is 1. The Kier molecular flexibility index (Phi) is 7.03. The first kappa shape index (κ1) is 19.8. The first-order chi connectivity index (χ1) is 12.4. The molecule has 8 heteroatoms. The molecule has 0 bridgehead atoms. The molecular formula is C18H18ClF2NO4. The molecule has 140 valence electrons. The molecule has 0 aliphatic carbocycles. The Morgan fingerprint density at radius 3 is 2.38 bits per heavy atom. The fourth-order valence-corrected chi connectivity index (χ4v) is 2.51. The highest BCUT2D eigenvalue weighted by Crippen LogP contribution is 2.30. The van der Waals surface area contributed by atoms with Crippen LogP contribution in [0.1, 0.15) is 12.0 Å². The highest BCUT2D eigenvalue weighted by Gasteiger charge is 2.11. The highest BCUT2D eigenvalue weighted by atomic mass is 35.5. The molecule has 0 aliphatic rings. The van der Waals surface area contributed by atoms with Gasteiger partial charge in [-0.1, -0.05) is 17.7 Å². The Morgan fingerprint density at radius 2 is 1.77 bits per heavy atom. The van der Waals surface area contributed by atoms with E-state index in [0.29, 0.717) is 23.6 Å². The largest absolute Gasteiger partial charge is 0.493 e. The van der Waals surface area contributed by atoms with Crippen molar-refractivity contribution in [2.45, 2.75) is 19.5 Å². The summed E-state index contributed by atoms with van der Waals surface area (Å²) in [5.41, 5.74) is 1.31. The predicted octanol–water partition coefficient (Wildman–Crippen LogP) is 4.53. The van der Waals surface area contributed by atoms with E-state index in [1.807, 2.05) is 6.07 Å². The van der Waals surface area contributed by atoms with Gasteiger partial charge in [0.2, 0.25) is 5.91 Å². The number of nitrogens with one attached hydrogen (secondary N) is 1. The molecule has 5 nitrogen and oxygen atoms in total. The molecule has 0 saturated carbocycles. The fraction of sp³-hybridized carbons (Fsp3) is 0.278. The summed E-state index contributed by atoms with van der Waals surface area (Å²) >= 11 is 5.86. The number of halogens is 3. The summed E-state index contributed by atoms with van der Waals surface area (Å²) in [5, 5.41) is 2.65. The number of rotatable bonds is 8. The third-order valence-corrected chi connectivity index (χ3v) is 3.82. The monoisotopic (exact) mass is 385 g/mol. The van der Waals surface area contributed by atoms with Crippen molar-refractivity contribution in [3.05, 3.63) is 47.0 Å². The lowest BCUT2D eigenvalue weighted by Gasteiger charge is -2.11. The van der Waals surface area contributed by atoms with Crippen LogP contribution in [0.25, 0.3) is 0 Å². The molecule has 0 radical (unpaired) electrons. The molecule has 1 N–H and O–H groups in total. The van der Waals surface area contributed by atoms with Gasteiger partial charge in [0, 0.05) is 12.1 Å². The molecule has 1 amide bonds. The van der Waals surface area contributed by atoms with Crippen molar-refractivity contribution in [1.29, 1.82) is 0 Å². The average molecular weight is 386 g/mol. The second-order valence-corrected chi connectivity index (χ2v) is 5.67. The van der Waals surface area contributed by atoms with Crippen LogP contribution in [-0.4, -0.2) is 26.7 Å². The average Bonchev–Trinajstić information content (AvgIpc) is 2.61. The molecule has 0 aliphatic heterocycles. The number of amides is 1. The molecule has 2 rings (SSSR count). The van der Waals surface area contributed by atoms with E-state index in [1.165, 1.54) is 18.2 Å². The number of carbonyl (C=O) groups excluding carboxylic acids is 1. The van der Waals surface area contributed by atoms with Gasteiger partial charge in [0.1, 0.15) is 5.75 Å². The minimum atomic E-state index is -2.96. The van der Waals surface area contributed by atoms with Crippen molar-refractivity contribution in [1.82, 2.24) is 0 Å². The molecule has 0 spiro atoms. The Bertz CT molecular complexity index is 771. The smallest absolute Gasteiger partial charge is 0.387 e. The van der Waals surface area contributed by atoms with Crippen LogP contribution in [0.2, 0.25) is 5.02 Å². The third-order valence-electron chi connectivity index (χ3n) is 3.52. The van der Waals surface area contributed by atoms with Crippen LogP contribution in [0.15, 0.2) is 36.4 Å². The number of aryl methyl sites for hydroxylation is 1. The van der Waals surface area contributed by atoms with Crippen molar-refractivity contribution in [2.24, 2.45) is 0 Å². The summed E-state index contributed by atoms with van der Waals surface area (Å²) < 4.78 is 39.1. The van der Waals surface area contributed by atoms with E-state index in [-0.39, 0.29) is 23.1 Å². The minimum absolute atomic E-state index is 0.0111. The number of alkyl halides is 2. The van der Waals surface area contributed by atoms with Crippen LogP contribution in [0.3, 0.4) is 0 Å². The van der Waals surface area contributed by atoms with E-state index in [9.17, 15) is 13.6 Å². The van der Waals surface area contributed by atoms with Crippen molar-refractivity contribution >= 4 is 23.2 Å². The van der Waals surface area contributed by atoms with Gasteiger partial charge in [-0.2, -0.15) is 8.78 Å². The van der Waals surface area contributed by atoms with Gasteiger partial charge in [-0.15, -0.1) is 0 Å². The Hall–Kier alpha value is -2.54. The van der Waals surface area contributed by atoms with Crippen molar-refractivity contribution in [3.63, 3.8) is 0 Å². The summed E-state index contributed by atoms with van der Waals surface area (Å²) in [6.45, 7) is -2.96. The maximum Gasteiger partial charge on any atom is 0.387 e. The SMILES string of the molecule is COc1ccc(CCC(=O)Nc2ccc(OC(F)F)c(Cl)c2)cc1OC. The number of carbonyl (C=O) groups is 1. The lowest BCUT2D eigenvalue weighted by molar-refractivity contribution is -0.116. The lowest BCUT2D eigenvalue weighted by atomic mass is 10.1. The van der Waals surface area contributed by atoms with Crippen LogP contribution in [0.5, 0.6) is 17.2 Å². The van der Waals surface area contributed by atoms with E-state index >= 15 is 0 Å². The van der Waals surface area contributed by atoms with Gasteiger partial charge in [-0.3, -0.25) is 4.79 Å². The van der Waals surface area contributed by atoms with E-state index < -0.39 is 6.61 Å². The molecule has 0 saturated heterocycles. The molecule has 0 fully saturated rings. The minimum Gasteiger partial charge on any atom is -0.493 e. The highest BCUT2D eigenvalue weighted by molar-refractivity contribution is 6.32. The molecule has 2 aromatic carbocycles. The Balaban J connectivity index is 1.94. The summed E-state index contributed by atoms with van der Waals surface area (Å²) in [5.74, 6) is 0.816. The predicted molar refractivity (Wildman–Crippen MR) is 94.6 cm³/mol. The van der Waals surface area contributed by atoms with Gasteiger partial charge >= 0.3 is 6.61 Å². The summed E-state index contributed by atoms with van der Waals surface area (Å²) in [4.78, 5) is 12.1. The van der Waals surface area contributed by atoms with Crippen molar-refractivity contribution in [3.8, 4) is 17.2 Å². The first-order valence-electron chi connectivity index (χ1n) is 7.68. The second kappa shape index (κ2) is 9.24. The molecule has 0 aromatic heterocycles. The van der Waals surface area contributed by atoms with E-state index in [1.54, 1.807) is 26.4 Å². The molecule has 0 atom stereocenters. The van der Waals surface area contributed by atoms with Gasteiger partial charge in [0.05, 0.1) is 19.2 Å². The zero-order valence-electron chi connectivity index (χ0n) is 14.2.